The lowest BCUT2D eigenvalue weighted by Gasteiger charge is -2.07. The summed E-state index contributed by atoms with van der Waals surface area (Å²) >= 11 is 3.28. The van der Waals surface area contributed by atoms with Gasteiger partial charge >= 0.3 is 5.97 Å². The Labute approximate surface area is 135 Å². The Hall–Kier alpha value is -2.21. The smallest absolute Gasteiger partial charge is 0.313 e. The van der Waals surface area contributed by atoms with Crippen LogP contribution in [0, 0.1) is 5.82 Å². The summed E-state index contributed by atoms with van der Waals surface area (Å²) in [6.07, 6.45) is -0.0450. The van der Waals surface area contributed by atoms with E-state index >= 15 is 0 Å². The number of carbonyl (C=O) groups excluding carboxylic acids is 2. The number of esters is 1. The molecule has 0 bridgehead atoms. The van der Waals surface area contributed by atoms with Crippen LogP contribution in [0.4, 0.5) is 4.39 Å². The molecule has 0 aliphatic rings. The molecule has 1 N–H and O–H groups in total. The predicted molar refractivity (Wildman–Crippen MR) is 83.1 cm³/mol. The first-order valence-corrected chi connectivity index (χ1v) is 7.34. The molecule has 0 unspecified atom stereocenters. The maximum atomic E-state index is 13.3. The molecule has 0 aliphatic carbocycles. The third-order valence-electron chi connectivity index (χ3n) is 2.78. The molecular weight excluding hydrogens is 353 g/mol. The average molecular weight is 366 g/mol. The second kappa shape index (κ2) is 7.70. The highest BCUT2D eigenvalue weighted by molar-refractivity contribution is 9.10. The standard InChI is InChI=1S/C16H13BrFNO3/c17-12-7-5-11(6-8-12)16(21)19-10-9-15(20)22-14-4-2-1-3-13(14)18/h1-8H,9-10H2,(H,19,21). The maximum Gasteiger partial charge on any atom is 0.313 e. The quantitative estimate of drug-likeness (QED) is 0.653. The highest BCUT2D eigenvalue weighted by atomic mass is 79.9. The van der Waals surface area contributed by atoms with Gasteiger partial charge in [-0.2, -0.15) is 0 Å². The molecule has 0 saturated heterocycles. The fourth-order valence-electron chi connectivity index (χ4n) is 1.68. The summed E-state index contributed by atoms with van der Waals surface area (Å²) in [4.78, 5) is 23.4. The molecule has 2 rings (SSSR count). The van der Waals surface area contributed by atoms with Crippen molar-refractivity contribution in [3.8, 4) is 5.75 Å². The van der Waals surface area contributed by atoms with Gasteiger partial charge in [0, 0.05) is 16.6 Å². The summed E-state index contributed by atoms with van der Waals surface area (Å²) in [6, 6.07) is 12.5. The van der Waals surface area contributed by atoms with Crippen molar-refractivity contribution in [3.05, 3.63) is 64.4 Å². The summed E-state index contributed by atoms with van der Waals surface area (Å²) < 4.78 is 19.1. The zero-order chi connectivity index (χ0) is 15.9. The molecule has 22 heavy (non-hydrogen) atoms. The lowest BCUT2D eigenvalue weighted by molar-refractivity contribution is -0.134. The molecule has 0 saturated carbocycles. The number of nitrogens with one attached hydrogen (secondary N) is 1. The number of carbonyl (C=O) groups is 2. The van der Waals surface area contributed by atoms with E-state index in [1.165, 1.54) is 18.2 Å². The van der Waals surface area contributed by atoms with Crippen LogP contribution in [0.2, 0.25) is 0 Å². The van der Waals surface area contributed by atoms with Gasteiger partial charge in [0.15, 0.2) is 11.6 Å². The lowest BCUT2D eigenvalue weighted by atomic mass is 10.2. The highest BCUT2D eigenvalue weighted by Crippen LogP contribution is 2.15. The van der Waals surface area contributed by atoms with E-state index in [1.807, 2.05) is 0 Å². The summed E-state index contributed by atoms with van der Waals surface area (Å²) in [5.74, 6) is -1.62. The first-order chi connectivity index (χ1) is 10.6. The van der Waals surface area contributed by atoms with Crippen LogP contribution >= 0.6 is 15.9 Å². The van der Waals surface area contributed by atoms with Crippen molar-refractivity contribution in [3.63, 3.8) is 0 Å². The minimum atomic E-state index is -0.610. The van der Waals surface area contributed by atoms with Crippen molar-refractivity contribution in [2.45, 2.75) is 6.42 Å². The summed E-state index contributed by atoms with van der Waals surface area (Å²) in [6.45, 7) is 0.113. The van der Waals surface area contributed by atoms with E-state index in [-0.39, 0.29) is 24.6 Å². The number of amides is 1. The van der Waals surface area contributed by atoms with Crippen molar-refractivity contribution >= 4 is 27.8 Å². The maximum absolute atomic E-state index is 13.3. The van der Waals surface area contributed by atoms with Gasteiger partial charge < -0.3 is 10.1 Å². The Balaban J connectivity index is 1.78. The Morgan fingerprint density at radius 2 is 1.77 bits per heavy atom. The van der Waals surface area contributed by atoms with Crippen molar-refractivity contribution in [2.75, 3.05) is 6.54 Å². The van der Waals surface area contributed by atoms with Crippen LogP contribution in [0.5, 0.6) is 5.75 Å². The molecular formula is C16H13BrFNO3. The van der Waals surface area contributed by atoms with Crippen LogP contribution in [-0.4, -0.2) is 18.4 Å². The zero-order valence-electron chi connectivity index (χ0n) is 11.5. The second-order valence-corrected chi connectivity index (χ2v) is 5.33. The lowest BCUT2D eigenvalue weighted by Crippen LogP contribution is -2.27. The van der Waals surface area contributed by atoms with Crippen LogP contribution in [0.25, 0.3) is 0 Å². The van der Waals surface area contributed by atoms with E-state index in [0.717, 1.165) is 4.47 Å². The minimum absolute atomic E-state index is 0.0450. The molecule has 2 aromatic carbocycles. The second-order valence-electron chi connectivity index (χ2n) is 4.42. The molecule has 1 amide bonds. The molecule has 4 nitrogen and oxygen atoms in total. The SMILES string of the molecule is O=C(CCNC(=O)c1ccc(Br)cc1)Oc1ccccc1F. The monoisotopic (exact) mass is 365 g/mol. The van der Waals surface area contributed by atoms with E-state index in [4.69, 9.17) is 4.74 Å². The molecule has 0 heterocycles. The number of halogens is 2. The van der Waals surface area contributed by atoms with Gasteiger partial charge in [-0.3, -0.25) is 9.59 Å². The van der Waals surface area contributed by atoms with E-state index in [9.17, 15) is 14.0 Å². The van der Waals surface area contributed by atoms with Gasteiger partial charge in [-0.05, 0) is 36.4 Å². The first-order valence-electron chi connectivity index (χ1n) is 6.55. The molecule has 2 aromatic rings. The molecule has 0 spiro atoms. The van der Waals surface area contributed by atoms with E-state index in [1.54, 1.807) is 30.3 Å². The number of hydrogen-bond donors (Lipinski definition) is 1. The van der Waals surface area contributed by atoms with Crippen molar-refractivity contribution < 1.29 is 18.7 Å². The van der Waals surface area contributed by atoms with Gasteiger partial charge in [0.05, 0.1) is 6.42 Å². The van der Waals surface area contributed by atoms with Gasteiger partial charge in [0.2, 0.25) is 0 Å². The average Bonchev–Trinajstić information content (AvgIpc) is 2.50. The van der Waals surface area contributed by atoms with Gasteiger partial charge in [-0.15, -0.1) is 0 Å². The van der Waals surface area contributed by atoms with Gasteiger partial charge in [-0.1, -0.05) is 28.1 Å². The molecule has 0 atom stereocenters. The fourth-order valence-corrected chi connectivity index (χ4v) is 1.95. The topological polar surface area (TPSA) is 55.4 Å². The third kappa shape index (κ3) is 4.66. The van der Waals surface area contributed by atoms with Crippen molar-refractivity contribution in [2.24, 2.45) is 0 Å². The van der Waals surface area contributed by atoms with Crippen molar-refractivity contribution in [1.29, 1.82) is 0 Å². The minimum Gasteiger partial charge on any atom is -0.423 e. The molecule has 0 radical (unpaired) electrons. The molecule has 6 heteroatoms. The summed E-state index contributed by atoms with van der Waals surface area (Å²) in [7, 11) is 0. The molecule has 0 aliphatic heterocycles. The largest absolute Gasteiger partial charge is 0.423 e. The normalized spacial score (nSPS) is 10.1. The van der Waals surface area contributed by atoms with Gasteiger partial charge in [0.1, 0.15) is 0 Å². The molecule has 114 valence electrons. The Kier molecular flexibility index (Phi) is 5.66. The van der Waals surface area contributed by atoms with Crippen LogP contribution in [0.1, 0.15) is 16.8 Å². The number of ether oxygens (including phenoxy) is 1. The van der Waals surface area contributed by atoms with E-state index in [0.29, 0.717) is 5.56 Å². The van der Waals surface area contributed by atoms with Crippen LogP contribution in [0.3, 0.4) is 0 Å². The fraction of sp³-hybridized carbons (Fsp3) is 0.125. The number of para-hydroxylation sites is 1. The van der Waals surface area contributed by atoms with Gasteiger partial charge in [-0.25, -0.2) is 4.39 Å². The highest BCUT2D eigenvalue weighted by Gasteiger charge is 2.10. The number of benzene rings is 2. The summed E-state index contributed by atoms with van der Waals surface area (Å²) in [5, 5.41) is 2.60. The Morgan fingerprint density at radius 3 is 2.45 bits per heavy atom. The Morgan fingerprint density at radius 1 is 1.09 bits per heavy atom. The number of rotatable bonds is 5. The molecule has 0 fully saturated rings. The van der Waals surface area contributed by atoms with E-state index < -0.39 is 11.8 Å². The predicted octanol–water partition coefficient (Wildman–Crippen LogP) is 3.31. The van der Waals surface area contributed by atoms with Crippen LogP contribution in [0.15, 0.2) is 53.0 Å². The Bertz CT molecular complexity index is 673. The first kappa shape index (κ1) is 16.2. The van der Waals surface area contributed by atoms with E-state index in [2.05, 4.69) is 21.2 Å². The third-order valence-corrected chi connectivity index (χ3v) is 3.31. The zero-order valence-corrected chi connectivity index (χ0v) is 13.1. The van der Waals surface area contributed by atoms with Crippen LogP contribution in [-0.2, 0) is 4.79 Å². The summed E-state index contributed by atoms with van der Waals surface area (Å²) in [5.41, 5.74) is 0.491. The number of hydrogen-bond acceptors (Lipinski definition) is 3. The van der Waals surface area contributed by atoms with Crippen LogP contribution < -0.4 is 10.1 Å². The van der Waals surface area contributed by atoms with Gasteiger partial charge in [0.25, 0.3) is 5.91 Å². The molecule has 0 aromatic heterocycles. The van der Waals surface area contributed by atoms with Crippen molar-refractivity contribution in [1.82, 2.24) is 5.32 Å².